The van der Waals surface area contributed by atoms with Crippen LogP contribution in [0, 0.1) is 0 Å². The van der Waals surface area contributed by atoms with Crippen LogP contribution in [0.5, 0.6) is 0 Å². The Balaban J connectivity index is 1.76. The average molecular weight is 191 g/mol. The van der Waals surface area contributed by atoms with Crippen molar-refractivity contribution in [1.82, 2.24) is 4.90 Å². The van der Waals surface area contributed by atoms with Crippen LogP contribution in [0.15, 0.2) is 30.3 Å². The van der Waals surface area contributed by atoms with E-state index in [9.17, 15) is 0 Å². The monoisotopic (exact) mass is 191 g/mol. The largest absolute Gasteiger partial charge is 0.379 e. The Labute approximate surface area is 85.5 Å². The Kier molecular flexibility index (Phi) is 3.55. The van der Waals surface area contributed by atoms with Crippen molar-refractivity contribution in [1.29, 1.82) is 0 Å². The molecule has 0 aliphatic carbocycles. The van der Waals surface area contributed by atoms with Crippen LogP contribution in [0.25, 0.3) is 0 Å². The Hall–Kier alpha value is -0.860. The maximum absolute atomic E-state index is 5.31. The van der Waals surface area contributed by atoms with Crippen molar-refractivity contribution in [2.24, 2.45) is 0 Å². The first kappa shape index (κ1) is 9.69. The first-order chi connectivity index (χ1) is 6.95. The van der Waals surface area contributed by atoms with Gasteiger partial charge in [-0.3, -0.25) is 4.90 Å². The minimum atomic E-state index is 0.898. The first-order valence-electron chi connectivity index (χ1n) is 5.29. The molecule has 0 unspecified atom stereocenters. The molecule has 0 saturated carbocycles. The molecule has 0 spiro atoms. The highest BCUT2D eigenvalue weighted by molar-refractivity contribution is 5.14. The molecule has 2 rings (SSSR count). The Morgan fingerprint density at radius 3 is 2.50 bits per heavy atom. The second-order valence-electron chi connectivity index (χ2n) is 3.69. The van der Waals surface area contributed by atoms with Gasteiger partial charge in [0.25, 0.3) is 0 Å². The molecule has 0 N–H and O–H groups in total. The third kappa shape index (κ3) is 2.82. The minimum Gasteiger partial charge on any atom is -0.379 e. The molecule has 1 fully saturated rings. The van der Waals surface area contributed by atoms with Gasteiger partial charge >= 0.3 is 0 Å². The van der Waals surface area contributed by atoms with Crippen LogP contribution in [0.4, 0.5) is 0 Å². The van der Waals surface area contributed by atoms with E-state index >= 15 is 0 Å². The lowest BCUT2D eigenvalue weighted by Crippen LogP contribution is -2.37. The van der Waals surface area contributed by atoms with Gasteiger partial charge in [0.05, 0.1) is 13.2 Å². The quantitative estimate of drug-likeness (QED) is 0.719. The summed E-state index contributed by atoms with van der Waals surface area (Å²) in [6.07, 6.45) is 1.15. The van der Waals surface area contributed by atoms with Gasteiger partial charge in [0, 0.05) is 19.6 Å². The van der Waals surface area contributed by atoms with Crippen molar-refractivity contribution in [3.63, 3.8) is 0 Å². The highest BCUT2D eigenvalue weighted by Gasteiger charge is 2.09. The lowest BCUT2D eigenvalue weighted by atomic mass is 10.1. The highest BCUT2D eigenvalue weighted by atomic mass is 16.5. The summed E-state index contributed by atoms with van der Waals surface area (Å²) in [4.78, 5) is 2.47. The molecule has 1 heterocycles. The molecule has 0 amide bonds. The molecule has 1 aromatic rings. The number of ether oxygens (including phenoxy) is 1. The number of hydrogen-bond acceptors (Lipinski definition) is 2. The van der Waals surface area contributed by atoms with Crippen LogP contribution in [0.1, 0.15) is 5.56 Å². The summed E-state index contributed by atoms with van der Waals surface area (Å²) >= 11 is 0. The van der Waals surface area contributed by atoms with Crippen molar-refractivity contribution in [3.05, 3.63) is 35.9 Å². The summed E-state index contributed by atoms with van der Waals surface area (Å²) in [5.74, 6) is 0. The zero-order chi connectivity index (χ0) is 9.64. The van der Waals surface area contributed by atoms with Gasteiger partial charge in [-0.1, -0.05) is 30.3 Å². The fourth-order valence-corrected chi connectivity index (χ4v) is 1.76. The predicted molar refractivity (Wildman–Crippen MR) is 57.4 cm³/mol. The standard InChI is InChI=1S/C12H17NO/c1-2-4-12(5-3-1)6-7-13-8-10-14-11-9-13/h1-5H,6-11H2. The Morgan fingerprint density at radius 1 is 1.07 bits per heavy atom. The van der Waals surface area contributed by atoms with Gasteiger partial charge in [-0.25, -0.2) is 0 Å². The van der Waals surface area contributed by atoms with Crippen LogP contribution in [-0.4, -0.2) is 37.7 Å². The third-order valence-corrected chi connectivity index (χ3v) is 2.66. The maximum atomic E-state index is 5.31. The number of nitrogens with zero attached hydrogens (tertiary/aromatic N) is 1. The van der Waals surface area contributed by atoms with Crippen LogP contribution >= 0.6 is 0 Å². The van der Waals surface area contributed by atoms with E-state index in [1.165, 1.54) is 5.56 Å². The van der Waals surface area contributed by atoms with Gasteiger partial charge in [0.2, 0.25) is 0 Å². The summed E-state index contributed by atoms with van der Waals surface area (Å²) < 4.78 is 5.31. The fourth-order valence-electron chi connectivity index (χ4n) is 1.76. The van der Waals surface area contributed by atoms with E-state index in [0.717, 1.165) is 39.3 Å². The van der Waals surface area contributed by atoms with E-state index in [4.69, 9.17) is 4.74 Å². The summed E-state index contributed by atoms with van der Waals surface area (Å²) in [6, 6.07) is 10.7. The molecular formula is C12H17NO. The van der Waals surface area contributed by atoms with Crippen LogP contribution in [0.3, 0.4) is 0 Å². The second-order valence-corrected chi connectivity index (χ2v) is 3.69. The maximum Gasteiger partial charge on any atom is 0.0594 e. The molecule has 76 valence electrons. The molecule has 0 aromatic heterocycles. The van der Waals surface area contributed by atoms with Gasteiger partial charge < -0.3 is 4.74 Å². The normalized spacial score (nSPS) is 18.3. The SMILES string of the molecule is c1ccc(CCN2CCOCC2)cc1. The molecule has 14 heavy (non-hydrogen) atoms. The number of morpholine rings is 1. The molecule has 0 radical (unpaired) electrons. The van der Waals surface area contributed by atoms with Gasteiger partial charge in [-0.05, 0) is 12.0 Å². The molecule has 1 aliphatic heterocycles. The molecule has 1 saturated heterocycles. The Morgan fingerprint density at radius 2 is 1.79 bits per heavy atom. The van der Waals surface area contributed by atoms with Gasteiger partial charge in [0.15, 0.2) is 0 Å². The summed E-state index contributed by atoms with van der Waals surface area (Å²) in [7, 11) is 0. The van der Waals surface area contributed by atoms with Crippen molar-refractivity contribution in [2.45, 2.75) is 6.42 Å². The van der Waals surface area contributed by atoms with E-state index in [1.807, 2.05) is 0 Å². The van der Waals surface area contributed by atoms with Crippen molar-refractivity contribution >= 4 is 0 Å². The van der Waals surface area contributed by atoms with Crippen molar-refractivity contribution in [2.75, 3.05) is 32.8 Å². The van der Waals surface area contributed by atoms with Crippen molar-refractivity contribution < 1.29 is 4.74 Å². The zero-order valence-corrected chi connectivity index (χ0v) is 8.48. The topological polar surface area (TPSA) is 12.5 Å². The molecule has 2 heteroatoms. The van der Waals surface area contributed by atoms with E-state index in [2.05, 4.69) is 35.2 Å². The van der Waals surface area contributed by atoms with E-state index < -0.39 is 0 Å². The van der Waals surface area contributed by atoms with Gasteiger partial charge in [-0.15, -0.1) is 0 Å². The van der Waals surface area contributed by atoms with Crippen LogP contribution in [0.2, 0.25) is 0 Å². The number of benzene rings is 1. The number of rotatable bonds is 3. The second kappa shape index (κ2) is 5.13. The molecule has 0 bridgehead atoms. The van der Waals surface area contributed by atoms with Crippen LogP contribution < -0.4 is 0 Å². The molecule has 1 aromatic carbocycles. The van der Waals surface area contributed by atoms with E-state index in [1.54, 1.807) is 0 Å². The molecule has 1 aliphatic rings. The van der Waals surface area contributed by atoms with Crippen LogP contribution in [-0.2, 0) is 11.2 Å². The fraction of sp³-hybridized carbons (Fsp3) is 0.500. The average Bonchev–Trinajstić information content (AvgIpc) is 2.29. The number of hydrogen-bond donors (Lipinski definition) is 0. The van der Waals surface area contributed by atoms with Crippen molar-refractivity contribution in [3.8, 4) is 0 Å². The highest BCUT2D eigenvalue weighted by Crippen LogP contribution is 2.03. The van der Waals surface area contributed by atoms with E-state index in [0.29, 0.717) is 0 Å². The lowest BCUT2D eigenvalue weighted by molar-refractivity contribution is 0.0384. The molecule has 0 atom stereocenters. The third-order valence-electron chi connectivity index (χ3n) is 2.66. The van der Waals surface area contributed by atoms with E-state index in [-0.39, 0.29) is 0 Å². The Bertz CT molecular complexity index is 254. The predicted octanol–water partition coefficient (Wildman–Crippen LogP) is 1.56. The minimum absolute atomic E-state index is 0.898. The zero-order valence-electron chi connectivity index (χ0n) is 8.48. The lowest BCUT2D eigenvalue weighted by Gasteiger charge is -2.26. The van der Waals surface area contributed by atoms with Gasteiger partial charge in [0.1, 0.15) is 0 Å². The summed E-state index contributed by atoms with van der Waals surface area (Å²) in [6.45, 7) is 5.14. The van der Waals surface area contributed by atoms with Gasteiger partial charge in [-0.2, -0.15) is 0 Å². The molecule has 2 nitrogen and oxygen atoms in total. The summed E-state index contributed by atoms with van der Waals surface area (Å²) in [5.41, 5.74) is 1.43. The smallest absolute Gasteiger partial charge is 0.0594 e. The molecular weight excluding hydrogens is 174 g/mol. The first-order valence-corrected chi connectivity index (χ1v) is 5.29. The summed E-state index contributed by atoms with van der Waals surface area (Å²) in [5, 5.41) is 0.